The lowest BCUT2D eigenvalue weighted by Crippen LogP contribution is -2.26. The number of benzene rings is 3. The lowest BCUT2D eigenvalue weighted by molar-refractivity contribution is 0.0939. The predicted molar refractivity (Wildman–Crippen MR) is 118 cm³/mol. The number of nitrogens with one attached hydrogen (secondary N) is 1. The Morgan fingerprint density at radius 2 is 1.67 bits per heavy atom. The molecule has 0 aliphatic carbocycles. The van der Waals surface area contributed by atoms with Crippen molar-refractivity contribution in [3.8, 4) is 17.2 Å². The van der Waals surface area contributed by atoms with Gasteiger partial charge in [-0.1, -0.05) is 29.8 Å². The molecule has 0 fully saturated rings. The van der Waals surface area contributed by atoms with Crippen LogP contribution in [0.1, 0.15) is 34.5 Å². The summed E-state index contributed by atoms with van der Waals surface area (Å²) in [6, 6.07) is 19.8. The number of halogens is 1. The topological polar surface area (TPSA) is 56.8 Å². The Morgan fingerprint density at radius 1 is 0.967 bits per heavy atom. The molecular formula is C24H24ClNO4. The maximum Gasteiger partial charge on any atom is 0.251 e. The van der Waals surface area contributed by atoms with Crippen molar-refractivity contribution < 1.29 is 19.0 Å². The van der Waals surface area contributed by atoms with E-state index in [0.717, 1.165) is 11.1 Å². The van der Waals surface area contributed by atoms with Gasteiger partial charge in [0.1, 0.15) is 23.9 Å². The maximum atomic E-state index is 12.7. The molecular weight excluding hydrogens is 402 g/mol. The van der Waals surface area contributed by atoms with Gasteiger partial charge in [0.05, 0.1) is 20.3 Å². The molecule has 0 saturated carbocycles. The number of hydrogen-bond acceptors (Lipinski definition) is 4. The predicted octanol–water partition coefficient (Wildman–Crippen LogP) is 5.43. The van der Waals surface area contributed by atoms with Crippen LogP contribution in [0.2, 0.25) is 5.02 Å². The van der Waals surface area contributed by atoms with Gasteiger partial charge in [-0.2, -0.15) is 0 Å². The number of hydrogen-bond donors (Lipinski definition) is 1. The number of rotatable bonds is 8. The van der Waals surface area contributed by atoms with Crippen molar-refractivity contribution in [2.45, 2.75) is 19.6 Å². The van der Waals surface area contributed by atoms with Crippen molar-refractivity contribution in [2.75, 3.05) is 14.2 Å². The van der Waals surface area contributed by atoms with E-state index in [0.29, 0.717) is 34.4 Å². The molecule has 1 N–H and O–H groups in total. The normalized spacial score (nSPS) is 11.5. The van der Waals surface area contributed by atoms with Gasteiger partial charge in [0.15, 0.2) is 0 Å². The molecule has 0 spiro atoms. The molecule has 0 radical (unpaired) electrons. The maximum absolute atomic E-state index is 12.7. The number of amides is 1. The lowest BCUT2D eigenvalue weighted by atomic mass is 10.1. The van der Waals surface area contributed by atoms with E-state index in [-0.39, 0.29) is 11.9 Å². The largest absolute Gasteiger partial charge is 0.497 e. The SMILES string of the molecule is COc1ccc(OC)c([C@@H](C)NC(=O)c2ccc(OCc3ccccc3Cl)cc2)c1. The quantitative estimate of drug-likeness (QED) is 0.523. The van der Waals surface area contributed by atoms with E-state index in [4.69, 9.17) is 25.8 Å². The molecule has 1 amide bonds. The number of ether oxygens (including phenoxy) is 3. The summed E-state index contributed by atoms with van der Waals surface area (Å²) in [6.07, 6.45) is 0. The Bertz CT molecular complexity index is 1000. The van der Waals surface area contributed by atoms with Crippen LogP contribution in [0.5, 0.6) is 17.2 Å². The molecule has 5 nitrogen and oxygen atoms in total. The highest BCUT2D eigenvalue weighted by molar-refractivity contribution is 6.31. The minimum absolute atomic E-state index is 0.190. The second-order valence-corrected chi connectivity index (χ2v) is 7.11. The standard InChI is InChI=1S/C24H24ClNO4/c1-16(21-14-20(28-2)12-13-23(21)29-3)26-24(27)17-8-10-19(11-9-17)30-15-18-6-4-5-7-22(18)25/h4-14,16H,15H2,1-3H3,(H,26,27)/t16-/m1/s1. The number of carbonyl (C=O) groups excluding carboxylic acids is 1. The fraction of sp³-hybridized carbons (Fsp3) is 0.208. The first-order chi connectivity index (χ1) is 14.5. The van der Waals surface area contributed by atoms with Crippen LogP contribution < -0.4 is 19.5 Å². The van der Waals surface area contributed by atoms with E-state index in [2.05, 4.69) is 5.32 Å². The van der Waals surface area contributed by atoms with E-state index in [1.165, 1.54) is 0 Å². The van der Waals surface area contributed by atoms with E-state index in [1.807, 2.05) is 49.4 Å². The zero-order valence-corrected chi connectivity index (χ0v) is 17.9. The lowest BCUT2D eigenvalue weighted by Gasteiger charge is -2.18. The molecule has 0 saturated heterocycles. The summed E-state index contributed by atoms with van der Waals surface area (Å²) in [5.74, 6) is 1.86. The van der Waals surface area contributed by atoms with Crippen molar-refractivity contribution in [3.63, 3.8) is 0 Å². The first-order valence-corrected chi connectivity index (χ1v) is 9.88. The molecule has 6 heteroatoms. The third kappa shape index (κ3) is 5.24. The average molecular weight is 426 g/mol. The van der Waals surface area contributed by atoms with Crippen LogP contribution in [0.25, 0.3) is 0 Å². The van der Waals surface area contributed by atoms with Gasteiger partial charge >= 0.3 is 0 Å². The van der Waals surface area contributed by atoms with Crippen LogP contribution >= 0.6 is 11.6 Å². The smallest absolute Gasteiger partial charge is 0.251 e. The second-order valence-electron chi connectivity index (χ2n) is 6.71. The van der Waals surface area contributed by atoms with E-state index in [1.54, 1.807) is 38.5 Å². The van der Waals surface area contributed by atoms with Crippen LogP contribution in [0, 0.1) is 0 Å². The van der Waals surface area contributed by atoms with Gasteiger partial charge in [0.2, 0.25) is 0 Å². The number of carbonyl (C=O) groups is 1. The number of methoxy groups -OCH3 is 2. The molecule has 0 aliphatic rings. The zero-order valence-electron chi connectivity index (χ0n) is 17.1. The van der Waals surface area contributed by atoms with E-state index < -0.39 is 0 Å². The Kier molecular flexibility index (Phi) is 7.20. The third-order valence-electron chi connectivity index (χ3n) is 4.72. The van der Waals surface area contributed by atoms with Gasteiger partial charge in [0.25, 0.3) is 5.91 Å². The molecule has 1 atom stereocenters. The molecule has 0 aromatic heterocycles. The third-order valence-corrected chi connectivity index (χ3v) is 5.09. The molecule has 3 aromatic rings. The summed E-state index contributed by atoms with van der Waals surface area (Å²) in [7, 11) is 3.20. The Hall–Kier alpha value is -3.18. The fourth-order valence-corrected chi connectivity index (χ4v) is 3.20. The van der Waals surface area contributed by atoms with Crippen molar-refractivity contribution >= 4 is 17.5 Å². The molecule has 0 bridgehead atoms. The van der Waals surface area contributed by atoms with E-state index in [9.17, 15) is 4.79 Å². The van der Waals surface area contributed by atoms with Crippen LogP contribution in [0.15, 0.2) is 66.7 Å². The van der Waals surface area contributed by atoms with Crippen molar-refractivity contribution in [3.05, 3.63) is 88.4 Å². The summed E-state index contributed by atoms with van der Waals surface area (Å²) in [5.41, 5.74) is 2.28. The second kappa shape index (κ2) is 10.0. The van der Waals surface area contributed by atoms with Crippen LogP contribution in [-0.4, -0.2) is 20.1 Å². The van der Waals surface area contributed by atoms with E-state index >= 15 is 0 Å². The summed E-state index contributed by atoms with van der Waals surface area (Å²) in [6.45, 7) is 2.26. The highest BCUT2D eigenvalue weighted by atomic mass is 35.5. The molecule has 0 aliphatic heterocycles. The van der Waals surface area contributed by atoms with Gasteiger partial charge in [-0.25, -0.2) is 0 Å². The molecule has 156 valence electrons. The van der Waals surface area contributed by atoms with Gasteiger partial charge in [0, 0.05) is 21.7 Å². The van der Waals surface area contributed by atoms with Gasteiger partial charge in [-0.05, 0) is 55.5 Å². The highest BCUT2D eigenvalue weighted by Gasteiger charge is 2.16. The van der Waals surface area contributed by atoms with Crippen molar-refractivity contribution in [1.29, 1.82) is 0 Å². The monoisotopic (exact) mass is 425 g/mol. The van der Waals surface area contributed by atoms with Crippen molar-refractivity contribution in [1.82, 2.24) is 5.32 Å². The summed E-state index contributed by atoms with van der Waals surface area (Å²) < 4.78 is 16.5. The fourth-order valence-electron chi connectivity index (χ4n) is 3.01. The highest BCUT2D eigenvalue weighted by Crippen LogP contribution is 2.29. The summed E-state index contributed by atoms with van der Waals surface area (Å²) in [5, 5.41) is 3.65. The molecule has 30 heavy (non-hydrogen) atoms. The summed E-state index contributed by atoms with van der Waals surface area (Å²) in [4.78, 5) is 12.7. The first kappa shape index (κ1) is 21.5. The van der Waals surface area contributed by atoms with Gasteiger partial charge < -0.3 is 19.5 Å². The zero-order chi connectivity index (χ0) is 21.5. The van der Waals surface area contributed by atoms with Gasteiger partial charge in [-0.3, -0.25) is 4.79 Å². The van der Waals surface area contributed by atoms with Crippen LogP contribution in [0.4, 0.5) is 0 Å². The average Bonchev–Trinajstić information content (AvgIpc) is 2.78. The minimum atomic E-state index is -0.265. The molecule has 0 unspecified atom stereocenters. The molecule has 0 heterocycles. The Balaban J connectivity index is 1.64. The summed E-state index contributed by atoms with van der Waals surface area (Å²) >= 11 is 6.15. The van der Waals surface area contributed by atoms with Crippen molar-refractivity contribution in [2.24, 2.45) is 0 Å². The Morgan fingerprint density at radius 3 is 2.33 bits per heavy atom. The van der Waals surface area contributed by atoms with Gasteiger partial charge in [-0.15, -0.1) is 0 Å². The molecule has 3 rings (SSSR count). The minimum Gasteiger partial charge on any atom is -0.497 e. The Labute approximate surface area is 181 Å². The van der Waals surface area contributed by atoms with Crippen LogP contribution in [0.3, 0.4) is 0 Å². The first-order valence-electron chi connectivity index (χ1n) is 9.51. The molecule has 3 aromatic carbocycles. The van der Waals surface area contributed by atoms with Crippen LogP contribution in [-0.2, 0) is 6.61 Å².